The van der Waals surface area contributed by atoms with E-state index in [1.165, 1.54) is 19.5 Å². The zero-order valence-corrected chi connectivity index (χ0v) is 6.93. The van der Waals surface area contributed by atoms with Crippen molar-refractivity contribution < 1.29 is 0 Å². The van der Waals surface area contributed by atoms with E-state index in [-0.39, 0.29) is 0 Å². The summed E-state index contributed by atoms with van der Waals surface area (Å²) >= 11 is 0. The second kappa shape index (κ2) is 3.91. The van der Waals surface area contributed by atoms with E-state index in [4.69, 9.17) is 0 Å². The topological polar surface area (TPSA) is 18.5 Å². The Morgan fingerprint density at radius 1 is 1.40 bits per heavy atom. The third-order valence-electron chi connectivity index (χ3n) is 1.91. The van der Waals surface area contributed by atoms with Crippen LogP contribution in [0.15, 0.2) is 0 Å². The third kappa shape index (κ3) is 1.94. The molecule has 0 bridgehead atoms. The first-order valence-electron chi connectivity index (χ1n) is 4.01. The quantitative estimate of drug-likeness (QED) is 0.605. The molecule has 60 valence electrons. The van der Waals surface area contributed by atoms with Gasteiger partial charge in [0.2, 0.25) is 0 Å². The monoisotopic (exact) mass is 143 g/mol. The largest absolute Gasteiger partial charge is 0.288 e. The highest BCUT2D eigenvalue weighted by Crippen LogP contribution is 2.00. The van der Waals surface area contributed by atoms with Gasteiger partial charge in [0, 0.05) is 13.1 Å². The van der Waals surface area contributed by atoms with Gasteiger partial charge in [0.15, 0.2) is 0 Å². The second-order valence-corrected chi connectivity index (χ2v) is 2.75. The fraction of sp³-hybridized carbons (Fsp3) is 1.00. The minimum Gasteiger partial charge on any atom is -0.288 e. The lowest BCUT2D eigenvalue weighted by Gasteiger charge is -2.15. The van der Waals surface area contributed by atoms with E-state index < -0.39 is 0 Å². The maximum absolute atomic E-state index is 3.14. The molecular weight excluding hydrogens is 126 g/mol. The van der Waals surface area contributed by atoms with Crippen molar-refractivity contribution in [3.63, 3.8) is 0 Å². The summed E-state index contributed by atoms with van der Waals surface area (Å²) in [5.74, 6) is 0. The van der Waals surface area contributed by atoms with Gasteiger partial charge in [-0.1, -0.05) is 6.92 Å². The summed E-state index contributed by atoms with van der Waals surface area (Å²) in [5, 5.41) is 2.23. The van der Waals surface area contributed by atoms with Crippen molar-refractivity contribution in [2.45, 2.75) is 13.3 Å². The van der Waals surface area contributed by atoms with Crippen LogP contribution in [0, 0.1) is 0 Å². The van der Waals surface area contributed by atoms with Crippen LogP contribution in [0.4, 0.5) is 0 Å². The number of hydrogen-bond donors (Lipinski definition) is 1. The Morgan fingerprint density at radius 3 is 2.70 bits per heavy atom. The van der Waals surface area contributed by atoms with Gasteiger partial charge in [0.25, 0.3) is 0 Å². The van der Waals surface area contributed by atoms with E-state index in [0.29, 0.717) is 0 Å². The van der Waals surface area contributed by atoms with Crippen LogP contribution in [0.5, 0.6) is 0 Å². The molecule has 0 aromatic heterocycles. The van der Waals surface area contributed by atoms with Crippen molar-refractivity contribution in [1.29, 1.82) is 0 Å². The first kappa shape index (κ1) is 7.98. The van der Waals surface area contributed by atoms with Crippen LogP contribution in [0.3, 0.4) is 0 Å². The zero-order valence-electron chi connectivity index (χ0n) is 6.93. The molecular formula is C7H17N3. The number of hydrogen-bond acceptors (Lipinski definition) is 3. The van der Waals surface area contributed by atoms with E-state index in [2.05, 4.69) is 22.3 Å². The van der Waals surface area contributed by atoms with Crippen molar-refractivity contribution >= 4 is 0 Å². The number of rotatable bonds is 3. The third-order valence-corrected chi connectivity index (χ3v) is 1.91. The Labute approximate surface area is 63.0 Å². The normalized spacial score (nSPS) is 22.2. The summed E-state index contributed by atoms with van der Waals surface area (Å²) < 4.78 is 0. The molecule has 1 saturated heterocycles. The molecule has 3 heteroatoms. The molecule has 1 aliphatic heterocycles. The van der Waals surface area contributed by atoms with Crippen LogP contribution in [-0.4, -0.2) is 43.3 Å². The Bertz CT molecular complexity index is 94.9. The molecule has 10 heavy (non-hydrogen) atoms. The summed E-state index contributed by atoms with van der Waals surface area (Å²) in [6, 6.07) is 0. The molecule has 0 saturated carbocycles. The predicted octanol–water partition coefficient (Wildman–Crippen LogP) is 0.106. The maximum atomic E-state index is 3.14. The fourth-order valence-electron chi connectivity index (χ4n) is 1.33. The molecule has 0 unspecified atom stereocenters. The summed E-state index contributed by atoms with van der Waals surface area (Å²) in [7, 11) is 1.98. The van der Waals surface area contributed by atoms with E-state index in [1.807, 2.05) is 7.05 Å². The highest BCUT2D eigenvalue weighted by molar-refractivity contribution is 4.66. The molecule has 0 aliphatic carbocycles. The van der Waals surface area contributed by atoms with E-state index >= 15 is 0 Å². The van der Waals surface area contributed by atoms with Gasteiger partial charge in [0.05, 0.1) is 6.67 Å². The standard InChI is InChI=1S/C7H17N3/c1-3-4-9-5-6-10(7-9)8-2/h8H,3-7H2,1-2H3. The van der Waals surface area contributed by atoms with E-state index in [1.54, 1.807) is 0 Å². The lowest BCUT2D eigenvalue weighted by atomic mass is 10.4. The molecule has 1 heterocycles. The molecule has 0 aromatic rings. The Kier molecular flexibility index (Phi) is 3.12. The molecule has 1 rings (SSSR count). The SMILES string of the molecule is CCCN1CCN(NC)C1. The molecule has 0 atom stereocenters. The molecule has 0 amide bonds. The number of nitrogens with zero attached hydrogens (tertiary/aromatic N) is 2. The van der Waals surface area contributed by atoms with Gasteiger partial charge in [-0.3, -0.25) is 10.3 Å². The number of hydrazine groups is 1. The van der Waals surface area contributed by atoms with Gasteiger partial charge in [-0.2, -0.15) is 0 Å². The lowest BCUT2D eigenvalue weighted by Crippen LogP contribution is -2.34. The van der Waals surface area contributed by atoms with Crippen molar-refractivity contribution in [2.24, 2.45) is 0 Å². The van der Waals surface area contributed by atoms with Gasteiger partial charge in [0.1, 0.15) is 0 Å². The van der Waals surface area contributed by atoms with E-state index in [9.17, 15) is 0 Å². The average Bonchev–Trinajstić information content (AvgIpc) is 2.37. The molecule has 0 aromatic carbocycles. The minimum absolute atomic E-state index is 1.09. The predicted molar refractivity (Wildman–Crippen MR) is 42.5 cm³/mol. The van der Waals surface area contributed by atoms with Crippen molar-refractivity contribution in [1.82, 2.24) is 15.3 Å². The number of nitrogens with one attached hydrogen (secondary N) is 1. The van der Waals surface area contributed by atoms with Gasteiger partial charge in [-0.15, -0.1) is 0 Å². The minimum atomic E-state index is 1.09. The van der Waals surface area contributed by atoms with Gasteiger partial charge < -0.3 is 0 Å². The summed E-state index contributed by atoms with van der Waals surface area (Å²) in [6.07, 6.45) is 1.26. The lowest BCUT2D eigenvalue weighted by molar-refractivity contribution is 0.201. The highest BCUT2D eigenvalue weighted by atomic mass is 15.6. The fourth-order valence-corrected chi connectivity index (χ4v) is 1.33. The Balaban J connectivity index is 2.15. The Morgan fingerprint density at radius 2 is 2.20 bits per heavy atom. The first-order chi connectivity index (χ1) is 4.86. The summed E-state index contributed by atoms with van der Waals surface area (Å²) in [5.41, 5.74) is 3.14. The highest BCUT2D eigenvalue weighted by Gasteiger charge is 2.16. The van der Waals surface area contributed by atoms with Crippen molar-refractivity contribution in [3.8, 4) is 0 Å². The van der Waals surface area contributed by atoms with Crippen LogP contribution in [-0.2, 0) is 0 Å². The van der Waals surface area contributed by atoms with Crippen molar-refractivity contribution in [3.05, 3.63) is 0 Å². The summed E-state index contributed by atoms with van der Waals surface area (Å²) in [4.78, 5) is 2.45. The van der Waals surface area contributed by atoms with Gasteiger partial charge in [-0.25, -0.2) is 5.01 Å². The first-order valence-corrected chi connectivity index (χ1v) is 4.01. The zero-order chi connectivity index (χ0) is 7.40. The second-order valence-electron chi connectivity index (χ2n) is 2.75. The van der Waals surface area contributed by atoms with Crippen LogP contribution >= 0.6 is 0 Å². The average molecular weight is 143 g/mol. The van der Waals surface area contributed by atoms with Gasteiger partial charge >= 0.3 is 0 Å². The van der Waals surface area contributed by atoms with Crippen LogP contribution in [0.2, 0.25) is 0 Å². The van der Waals surface area contributed by atoms with Crippen molar-refractivity contribution in [2.75, 3.05) is 33.4 Å². The van der Waals surface area contributed by atoms with Crippen LogP contribution in [0.25, 0.3) is 0 Å². The smallest absolute Gasteiger partial charge is 0.0646 e. The molecule has 1 fully saturated rings. The summed E-state index contributed by atoms with van der Waals surface area (Å²) in [6.45, 7) is 6.93. The van der Waals surface area contributed by atoms with Gasteiger partial charge in [-0.05, 0) is 20.0 Å². The molecule has 1 aliphatic rings. The molecule has 3 nitrogen and oxygen atoms in total. The van der Waals surface area contributed by atoms with E-state index in [0.717, 1.165) is 13.2 Å². The Hall–Kier alpha value is -0.120. The molecule has 0 spiro atoms. The maximum Gasteiger partial charge on any atom is 0.0646 e. The van der Waals surface area contributed by atoms with Crippen LogP contribution in [0.1, 0.15) is 13.3 Å². The molecule has 0 radical (unpaired) electrons. The van der Waals surface area contributed by atoms with Crippen LogP contribution < -0.4 is 5.43 Å². The molecule has 1 N–H and O–H groups in total.